The normalized spacial score (nSPS) is 18.0. The van der Waals surface area contributed by atoms with E-state index in [4.69, 9.17) is 0 Å². The smallest absolute Gasteiger partial charge is 0.228 e. The first kappa shape index (κ1) is 14.7. The molecule has 0 bridgehead atoms. The van der Waals surface area contributed by atoms with Crippen molar-refractivity contribution < 1.29 is 4.79 Å². The predicted octanol–water partition coefficient (Wildman–Crippen LogP) is 4.27. The average molecular weight is 362 g/mol. The van der Waals surface area contributed by atoms with E-state index < -0.39 is 0 Å². The monoisotopic (exact) mass is 361 g/mol. The Labute approximate surface area is 137 Å². The maximum atomic E-state index is 12.6. The minimum Gasteiger partial charge on any atom is -0.325 e. The molecule has 0 saturated carbocycles. The van der Waals surface area contributed by atoms with E-state index in [2.05, 4.69) is 28.1 Å². The van der Waals surface area contributed by atoms with Gasteiger partial charge in [0.2, 0.25) is 5.91 Å². The highest BCUT2D eigenvalue weighted by atomic mass is 79.9. The Morgan fingerprint density at radius 3 is 2.57 bits per heavy atom. The number of rotatable bonds is 3. The molecule has 1 aliphatic rings. The molecule has 21 heavy (non-hydrogen) atoms. The number of amides is 1. The summed E-state index contributed by atoms with van der Waals surface area (Å²) in [6.45, 7) is 0.830. The summed E-state index contributed by atoms with van der Waals surface area (Å²) in [7, 11) is 0. The molecule has 1 heterocycles. The van der Waals surface area contributed by atoms with Gasteiger partial charge in [-0.3, -0.25) is 4.79 Å². The van der Waals surface area contributed by atoms with E-state index in [0.29, 0.717) is 6.42 Å². The molecule has 1 atom stereocenters. The highest BCUT2D eigenvalue weighted by molar-refractivity contribution is 9.10. The lowest BCUT2D eigenvalue weighted by molar-refractivity contribution is -0.130. The fourth-order valence-electron chi connectivity index (χ4n) is 2.50. The van der Waals surface area contributed by atoms with Crippen molar-refractivity contribution in [3.05, 3.63) is 70.2 Å². The van der Waals surface area contributed by atoms with Crippen LogP contribution in [0, 0.1) is 0 Å². The Bertz CT molecular complexity index is 614. The second kappa shape index (κ2) is 6.67. The highest BCUT2D eigenvalue weighted by Gasteiger charge is 2.30. The van der Waals surface area contributed by atoms with Crippen LogP contribution in [0.3, 0.4) is 0 Å². The summed E-state index contributed by atoms with van der Waals surface area (Å²) in [5.74, 6) is 1.21. The average Bonchev–Trinajstić information content (AvgIpc) is 2.98. The van der Waals surface area contributed by atoms with Gasteiger partial charge in [0.15, 0.2) is 0 Å². The van der Waals surface area contributed by atoms with Crippen LogP contribution in [0.4, 0.5) is 0 Å². The molecule has 1 unspecified atom stereocenters. The van der Waals surface area contributed by atoms with Gasteiger partial charge in [-0.25, -0.2) is 0 Å². The van der Waals surface area contributed by atoms with Gasteiger partial charge >= 0.3 is 0 Å². The fraction of sp³-hybridized carbons (Fsp3) is 0.235. The van der Waals surface area contributed by atoms with Gasteiger partial charge in [0, 0.05) is 16.8 Å². The summed E-state index contributed by atoms with van der Waals surface area (Å²) in [5.41, 5.74) is 2.27. The molecule has 0 aliphatic carbocycles. The van der Waals surface area contributed by atoms with Crippen molar-refractivity contribution in [1.29, 1.82) is 0 Å². The van der Waals surface area contributed by atoms with Crippen LogP contribution in [0.5, 0.6) is 0 Å². The molecule has 2 nitrogen and oxygen atoms in total. The first-order valence-corrected chi connectivity index (χ1v) is 8.79. The van der Waals surface area contributed by atoms with Crippen LogP contribution >= 0.6 is 27.7 Å². The summed E-state index contributed by atoms with van der Waals surface area (Å²) >= 11 is 5.29. The van der Waals surface area contributed by atoms with Crippen molar-refractivity contribution in [3.63, 3.8) is 0 Å². The van der Waals surface area contributed by atoms with Crippen molar-refractivity contribution in [2.24, 2.45) is 0 Å². The largest absolute Gasteiger partial charge is 0.325 e. The fourth-order valence-corrected chi connectivity index (χ4v) is 4.04. The number of halogens is 1. The predicted molar refractivity (Wildman–Crippen MR) is 91.2 cm³/mol. The third kappa shape index (κ3) is 3.50. The molecule has 2 aromatic carbocycles. The molecule has 1 fully saturated rings. The molecule has 0 aromatic heterocycles. The third-order valence-corrected chi connectivity index (χ3v) is 5.35. The lowest BCUT2D eigenvalue weighted by atomic mass is 10.1. The van der Waals surface area contributed by atoms with Gasteiger partial charge in [-0.2, -0.15) is 0 Å². The van der Waals surface area contributed by atoms with E-state index in [0.717, 1.165) is 22.3 Å². The van der Waals surface area contributed by atoms with Crippen molar-refractivity contribution in [2.75, 3.05) is 12.3 Å². The number of nitrogens with zero attached hydrogens (tertiary/aromatic N) is 1. The maximum Gasteiger partial charge on any atom is 0.228 e. The van der Waals surface area contributed by atoms with Gasteiger partial charge in [-0.1, -0.05) is 58.4 Å². The Kier molecular flexibility index (Phi) is 4.66. The van der Waals surface area contributed by atoms with Crippen molar-refractivity contribution in [1.82, 2.24) is 4.90 Å². The van der Waals surface area contributed by atoms with Crippen LogP contribution < -0.4 is 0 Å². The van der Waals surface area contributed by atoms with Gasteiger partial charge in [0.05, 0.1) is 6.42 Å². The molecule has 1 aliphatic heterocycles. The molecular formula is C17H16BrNOS. The van der Waals surface area contributed by atoms with Gasteiger partial charge in [-0.15, -0.1) is 11.8 Å². The summed E-state index contributed by atoms with van der Waals surface area (Å²) in [5, 5.41) is 0.148. The standard InChI is InChI=1S/C17H16BrNOS/c18-15-8-6-14(7-9-15)17-19(10-11-21-17)16(20)12-13-4-2-1-3-5-13/h1-9,17H,10-12H2. The van der Waals surface area contributed by atoms with E-state index >= 15 is 0 Å². The lowest BCUT2D eigenvalue weighted by Gasteiger charge is -2.24. The molecule has 4 heteroatoms. The van der Waals surface area contributed by atoms with E-state index in [9.17, 15) is 4.79 Å². The number of carbonyl (C=O) groups is 1. The quantitative estimate of drug-likeness (QED) is 0.813. The highest BCUT2D eigenvalue weighted by Crippen LogP contribution is 2.38. The molecule has 0 radical (unpaired) electrons. The van der Waals surface area contributed by atoms with Gasteiger partial charge in [0.25, 0.3) is 0 Å². The SMILES string of the molecule is O=C(Cc1ccccc1)N1CCSC1c1ccc(Br)cc1. The first-order chi connectivity index (χ1) is 10.2. The minimum atomic E-state index is 0.148. The number of benzene rings is 2. The second-order valence-electron chi connectivity index (χ2n) is 5.02. The van der Waals surface area contributed by atoms with E-state index in [1.165, 1.54) is 5.56 Å². The number of carbonyl (C=O) groups excluding carboxylic acids is 1. The number of hydrogen-bond donors (Lipinski definition) is 0. The minimum absolute atomic E-state index is 0.148. The zero-order valence-corrected chi connectivity index (χ0v) is 13.9. The summed E-state index contributed by atoms with van der Waals surface area (Å²) in [6, 6.07) is 18.2. The van der Waals surface area contributed by atoms with Crippen molar-refractivity contribution >= 4 is 33.6 Å². The van der Waals surface area contributed by atoms with E-state index in [1.807, 2.05) is 59.1 Å². The molecule has 1 saturated heterocycles. The Balaban J connectivity index is 1.74. The van der Waals surface area contributed by atoms with Crippen molar-refractivity contribution in [3.8, 4) is 0 Å². The van der Waals surface area contributed by atoms with Crippen LogP contribution in [-0.4, -0.2) is 23.1 Å². The molecule has 3 rings (SSSR count). The molecule has 0 N–H and O–H groups in total. The maximum absolute atomic E-state index is 12.6. The summed E-state index contributed by atoms with van der Waals surface area (Å²) in [4.78, 5) is 14.6. The van der Waals surface area contributed by atoms with Crippen LogP contribution in [0.25, 0.3) is 0 Å². The van der Waals surface area contributed by atoms with Crippen molar-refractivity contribution in [2.45, 2.75) is 11.8 Å². The summed E-state index contributed by atoms with van der Waals surface area (Å²) in [6.07, 6.45) is 0.481. The lowest BCUT2D eigenvalue weighted by Crippen LogP contribution is -2.31. The topological polar surface area (TPSA) is 20.3 Å². The van der Waals surface area contributed by atoms with E-state index in [-0.39, 0.29) is 11.3 Å². The van der Waals surface area contributed by atoms with Crippen LogP contribution in [0.15, 0.2) is 59.1 Å². The number of hydrogen-bond acceptors (Lipinski definition) is 2. The van der Waals surface area contributed by atoms with Gasteiger partial charge in [0.1, 0.15) is 5.37 Å². The Morgan fingerprint density at radius 2 is 1.86 bits per heavy atom. The van der Waals surface area contributed by atoms with Crippen LogP contribution in [-0.2, 0) is 11.2 Å². The zero-order chi connectivity index (χ0) is 14.7. The van der Waals surface area contributed by atoms with E-state index in [1.54, 1.807) is 0 Å². The van der Waals surface area contributed by atoms with Crippen LogP contribution in [0.2, 0.25) is 0 Å². The number of thioether (sulfide) groups is 1. The molecule has 2 aromatic rings. The van der Waals surface area contributed by atoms with Gasteiger partial charge in [-0.05, 0) is 23.3 Å². The third-order valence-electron chi connectivity index (χ3n) is 3.56. The van der Waals surface area contributed by atoms with Crippen LogP contribution in [0.1, 0.15) is 16.5 Å². The molecular weight excluding hydrogens is 346 g/mol. The van der Waals surface area contributed by atoms with Gasteiger partial charge < -0.3 is 4.90 Å². The second-order valence-corrected chi connectivity index (χ2v) is 7.13. The first-order valence-electron chi connectivity index (χ1n) is 6.94. The molecule has 108 valence electrons. The molecule has 0 spiro atoms. The Morgan fingerprint density at radius 1 is 1.14 bits per heavy atom. The summed E-state index contributed by atoms with van der Waals surface area (Å²) < 4.78 is 1.07. The zero-order valence-electron chi connectivity index (χ0n) is 11.5. The molecule has 1 amide bonds. The Hall–Kier alpha value is -1.26.